The van der Waals surface area contributed by atoms with E-state index in [1.807, 2.05) is 0 Å². The third-order valence-electron chi connectivity index (χ3n) is 7.86. The van der Waals surface area contributed by atoms with Crippen LogP contribution in [0.5, 0.6) is 11.5 Å². The van der Waals surface area contributed by atoms with Crippen molar-refractivity contribution in [2.75, 3.05) is 20.8 Å². The van der Waals surface area contributed by atoms with E-state index in [1.165, 1.54) is 31.4 Å². The van der Waals surface area contributed by atoms with Crippen molar-refractivity contribution in [3.8, 4) is 11.5 Å². The lowest BCUT2D eigenvalue weighted by molar-refractivity contribution is -0.143. The highest BCUT2D eigenvalue weighted by atomic mass is 19.4. The molecule has 1 saturated heterocycles. The highest BCUT2D eigenvalue weighted by molar-refractivity contribution is 6.03. The van der Waals surface area contributed by atoms with E-state index in [-0.39, 0.29) is 37.4 Å². The maximum atomic E-state index is 13.7. The molecular weight excluding hydrogens is 618 g/mol. The van der Waals surface area contributed by atoms with Gasteiger partial charge >= 0.3 is 18.3 Å². The number of esters is 1. The summed E-state index contributed by atoms with van der Waals surface area (Å²) in [5.41, 5.74) is -2.48. The number of ether oxygens (including phenoxy) is 3. The first-order valence-electron chi connectivity index (χ1n) is 14.1. The Morgan fingerprint density at radius 3 is 2.24 bits per heavy atom. The van der Waals surface area contributed by atoms with E-state index < -0.39 is 53.1 Å². The van der Waals surface area contributed by atoms with Crippen LogP contribution >= 0.6 is 0 Å². The van der Waals surface area contributed by atoms with Crippen molar-refractivity contribution in [3.05, 3.63) is 101 Å². The summed E-state index contributed by atoms with van der Waals surface area (Å²) in [4.78, 5) is 32.5. The Bertz CT molecular complexity index is 1720. The summed E-state index contributed by atoms with van der Waals surface area (Å²) < 4.78 is 98.1. The number of aromatic nitrogens is 1. The Morgan fingerprint density at radius 2 is 1.59 bits per heavy atom. The standard InChI is InChI=1S/C33H28F6N2O5/c1-44-24-8-7-19(29(18-24)45-2)15-23-17-25(46-31(43)27-9-11-40-28-6-4-3-5-26(27)28)10-12-41(23)30(42)20-13-21(32(34,35)36)16-22(14-20)33(37,38)39/h3-9,11,13-14,16,18,23,25H,10,12,15,17H2,1-2H3/t23-,25+/m1/s1. The van der Waals surface area contributed by atoms with E-state index in [4.69, 9.17) is 14.2 Å². The number of amides is 1. The molecule has 7 nitrogen and oxygen atoms in total. The molecule has 3 aromatic carbocycles. The number of fused-ring (bicyclic) bond motifs is 1. The van der Waals surface area contributed by atoms with Gasteiger partial charge in [0.25, 0.3) is 5.91 Å². The van der Waals surface area contributed by atoms with Crippen LogP contribution in [0, 0.1) is 0 Å². The number of pyridine rings is 1. The van der Waals surface area contributed by atoms with Crippen molar-refractivity contribution < 1.29 is 50.1 Å². The largest absolute Gasteiger partial charge is 0.497 e. The highest BCUT2D eigenvalue weighted by Gasteiger charge is 2.40. The zero-order valence-electron chi connectivity index (χ0n) is 24.6. The minimum atomic E-state index is -5.12. The number of halogens is 6. The summed E-state index contributed by atoms with van der Waals surface area (Å²) in [6, 6.07) is 13.5. The van der Waals surface area contributed by atoms with Gasteiger partial charge in [0.1, 0.15) is 17.6 Å². The van der Waals surface area contributed by atoms with Gasteiger partial charge in [-0.25, -0.2) is 4.79 Å². The molecule has 13 heteroatoms. The first kappa shape index (κ1) is 32.6. The SMILES string of the molecule is COc1ccc(C[C@@H]2C[C@@H](OC(=O)c3ccnc4ccccc34)CCN2C(=O)c2cc(C(F)(F)F)cc(C(F)(F)F)c2)c(OC)c1. The minimum Gasteiger partial charge on any atom is -0.497 e. The number of para-hydroxylation sites is 1. The van der Waals surface area contributed by atoms with Crippen LogP contribution in [0.2, 0.25) is 0 Å². The van der Waals surface area contributed by atoms with Crippen LogP contribution in [0.1, 0.15) is 50.2 Å². The fourth-order valence-electron chi connectivity index (χ4n) is 5.59. The minimum absolute atomic E-state index is 0.0228. The van der Waals surface area contributed by atoms with Crippen molar-refractivity contribution in [3.63, 3.8) is 0 Å². The lowest BCUT2D eigenvalue weighted by atomic mass is 9.92. The highest BCUT2D eigenvalue weighted by Crippen LogP contribution is 2.38. The molecule has 0 radical (unpaired) electrons. The fourth-order valence-corrected chi connectivity index (χ4v) is 5.59. The van der Waals surface area contributed by atoms with E-state index in [1.54, 1.807) is 42.5 Å². The fraction of sp³-hybridized carbons (Fsp3) is 0.303. The van der Waals surface area contributed by atoms with Crippen molar-refractivity contribution in [1.82, 2.24) is 9.88 Å². The normalized spacial score (nSPS) is 17.1. The van der Waals surface area contributed by atoms with Gasteiger partial charge in [0, 0.05) is 48.6 Å². The number of methoxy groups -OCH3 is 2. The molecule has 1 fully saturated rings. The second-order valence-electron chi connectivity index (χ2n) is 10.8. The number of benzene rings is 3. The van der Waals surface area contributed by atoms with E-state index in [0.717, 1.165) is 0 Å². The summed E-state index contributed by atoms with van der Waals surface area (Å²) >= 11 is 0. The van der Waals surface area contributed by atoms with Gasteiger partial charge in [-0.05, 0) is 48.4 Å². The molecule has 0 saturated carbocycles. The maximum Gasteiger partial charge on any atom is 0.416 e. The Kier molecular flexibility index (Phi) is 9.13. The molecule has 1 aliphatic rings. The number of piperidine rings is 1. The monoisotopic (exact) mass is 646 g/mol. The van der Waals surface area contributed by atoms with Crippen LogP contribution in [-0.4, -0.2) is 54.7 Å². The Labute approximate surface area is 259 Å². The smallest absolute Gasteiger partial charge is 0.416 e. The lowest BCUT2D eigenvalue weighted by Gasteiger charge is -2.39. The molecule has 1 aliphatic heterocycles. The predicted molar refractivity (Wildman–Crippen MR) is 155 cm³/mol. The van der Waals surface area contributed by atoms with Crippen LogP contribution in [0.15, 0.2) is 72.9 Å². The first-order chi connectivity index (χ1) is 21.8. The molecular formula is C33H28F6N2O5. The quantitative estimate of drug-likeness (QED) is 0.154. The molecule has 2 heterocycles. The Balaban J connectivity index is 1.48. The maximum absolute atomic E-state index is 13.7. The van der Waals surface area contributed by atoms with Crippen LogP contribution in [0.4, 0.5) is 26.3 Å². The van der Waals surface area contributed by atoms with E-state index >= 15 is 0 Å². The van der Waals surface area contributed by atoms with E-state index in [0.29, 0.717) is 40.1 Å². The number of likely N-dealkylation sites (tertiary alicyclic amines) is 1. The number of hydrogen-bond acceptors (Lipinski definition) is 6. The van der Waals surface area contributed by atoms with Gasteiger partial charge < -0.3 is 19.1 Å². The number of alkyl halides is 6. The van der Waals surface area contributed by atoms with Crippen molar-refractivity contribution >= 4 is 22.8 Å². The van der Waals surface area contributed by atoms with Crippen LogP contribution in [-0.2, 0) is 23.5 Å². The van der Waals surface area contributed by atoms with Gasteiger partial charge in [-0.2, -0.15) is 26.3 Å². The average Bonchev–Trinajstić information content (AvgIpc) is 3.03. The van der Waals surface area contributed by atoms with Crippen LogP contribution in [0.3, 0.4) is 0 Å². The molecule has 46 heavy (non-hydrogen) atoms. The molecule has 242 valence electrons. The Morgan fingerprint density at radius 1 is 0.891 bits per heavy atom. The molecule has 4 aromatic rings. The van der Waals surface area contributed by atoms with Crippen molar-refractivity contribution in [2.45, 2.75) is 43.8 Å². The molecule has 0 N–H and O–H groups in total. The molecule has 0 unspecified atom stereocenters. The van der Waals surface area contributed by atoms with Gasteiger partial charge in [0.2, 0.25) is 0 Å². The van der Waals surface area contributed by atoms with Crippen molar-refractivity contribution in [1.29, 1.82) is 0 Å². The molecule has 2 atom stereocenters. The second-order valence-corrected chi connectivity index (χ2v) is 10.8. The molecule has 1 amide bonds. The van der Waals surface area contributed by atoms with Gasteiger partial charge in [-0.15, -0.1) is 0 Å². The summed E-state index contributed by atoms with van der Waals surface area (Å²) in [5, 5.41) is 0.576. The van der Waals surface area contributed by atoms with Gasteiger partial charge in [0.15, 0.2) is 0 Å². The topological polar surface area (TPSA) is 78.0 Å². The summed E-state index contributed by atoms with van der Waals surface area (Å²) in [6.45, 7) is -0.103. The van der Waals surface area contributed by atoms with E-state index in [2.05, 4.69) is 4.98 Å². The van der Waals surface area contributed by atoms with Gasteiger partial charge in [-0.1, -0.05) is 24.3 Å². The van der Waals surface area contributed by atoms with Crippen LogP contribution < -0.4 is 9.47 Å². The van der Waals surface area contributed by atoms with Gasteiger partial charge in [-0.3, -0.25) is 9.78 Å². The number of carbonyl (C=O) groups excluding carboxylic acids is 2. The molecule has 5 rings (SSSR count). The third kappa shape index (κ3) is 7.03. The Hall–Kier alpha value is -4.81. The zero-order valence-corrected chi connectivity index (χ0v) is 24.6. The molecule has 0 spiro atoms. The summed E-state index contributed by atoms with van der Waals surface area (Å²) in [6.07, 6.45) is -9.23. The number of carbonyl (C=O) groups is 2. The molecule has 1 aromatic heterocycles. The summed E-state index contributed by atoms with van der Waals surface area (Å²) in [7, 11) is 2.89. The number of hydrogen-bond donors (Lipinski definition) is 0. The summed E-state index contributed by atoms with van der Waals surface area (Å²) in [5.74, 6) is -0.763. The average molecular weight is 647 g/mol. The van der Waals surface area contributed by atoms with E-state index in [9.17, 15) is 35.9 Å². The van der Waals surface area contributed by atoms with Crippen LogP contribution in [0.25, 0.3) is 10.9 Å². The predicted octanol–water partition coefficient (Wildman–Crippen LogP) is 7.36. The second kappa shape index (κ2) is 12.9. The third-order valence-corrected chi connectivity index (χ3v) is 7.86. The first-order valence-corrected chi connectivity index (χ1v) is 14.1. The van der Waals surface area contributed by atoms with Gasteiger partial charge in [0.05, 0.1) is 36.4 Å². The number of nitrogens with zero attached hydrogens (tertiary/aromatic N) is 2. The zero-order chi connectivity index (χ0) is 33.2. The van der Waals surface area contributed by atoms with Crippen molar-refractivity contribution in [2.24, 2.45) is 0 Å². The molecule has 0 aliphatic carbocycles. The molecule has 0 bridgehead atoms. The lowest BCUT2D eigenvalue weighted by Crippen LogP contribution is -2.49. The number of rotatable bonds is 7.